The average Bonchev–Trinajstić information content (AvgIpc) is 3.23. The highest BCUT2D eigenvalue weighted by atomic mass is 32.1. The molecule has 6 nitrogen and oxygen atoms in total. The molecule has 0 bridgehead atoms. The molecule has 0 fully saturated rings. The Balaban J connectivity index is 1.70. The molecule has 0 saturated heterocycles. The first-order valence-electron chi connectivity index (χ1n) is 9.24. The zero-order chi connectivity index (χ0) is 20.6. The average molecular weight is 411 g/mol. The molecule has 0 radical (unpaired) electrons. The summed E-state index contributed by atoms with van der Waals surface area (Å²) in [7, 11) is 1.54. The van der Waals surface area contributed by atoms with Gasteiger partial charge in [0.15, 0.2) is 6.54 Å². The summed E-state index contributed by atoms with van der Waals surface area (Å²) in [6.07, 6.45) is 0. The van der Waals surface area contributed by atoms with Crippen molar-refractivity contribution < 1.29 is 19.6 Å². The van der Waals surface area contributed by atoms with E-state index in [1.807, 2.05) is 35.0 Å². The van der Waals surface area contributed by atoms with Crippen LogP contribution in [0.3, 0.4) is 0 Å². The van der Waals surface area contributed by atoms with Crippen molar-refractivity contribution in [2.45, 2.75) is 13.0 Å². The van der Waals surface area contributed by atoms with Crippen molar-refractivity contribution in [3.8, 4) is 5.75 Å². The monoisotopic (exact) mass is 410 g/mol. The highest BCUT2D eigenvalue weighted by Crippen LogP contribution is 2.28. The third-order valence-electron chi connectivity index (χ3n) is 4.34. The molecule has 3 rings (SSSR count). The topological polar surface area (TPSA) is 84.0 Å². The van der Waals surface area contributed by atoms with Crippen LogP contribution in [0.2, 0.25) is 0 Å². The van der Waals surface area contributed by atoms with Crippen molar-refractivity contribution in [1.82, 2.24) is 0 Å². The molecule has 0 aliphatic heterocycles. The maximum Gasteiger partial charge on any atom is 0.279 e. The molecule has 4 N–H and O–H groups in total. The SMILES string of the molecule is COc1ccc(NC(C)=O)cc1NC(=O)C[NH2+][C@H](c1ccccc1)c1cccs1. The van der Waals surface area contributed by atoms with E-state index in [0.29, 0.717) is 17.1 Å². The van der Waals surface area contributed by atoms with Crippen molar-refractivity contribution in [1.29, 1.82) is 0 Å². The molecule has 0 unspecified atom stereocenters. The molecule has 2 aromatic carbocycles. The van der Waals surface area contributed by atoms with E-state index in [2.05, 4.69) is 28.8 Å². The first-order valence-corrected chi connectivity index (χ1v) is 10.1. The van der Waals surface area contributed by atoms with Crippen LogP contribution in [0.4, 0.5) is 11.4 Å². The van der Waals surface area contributed by atoms with Crippen molar-refractivity contribution in [2.24, 2.45) is 0 Å². The van der Waals surface area contributed by atoms with E-state index in [9.17, 15) is 9.59 Å². The van der Waals surface area contributed by atoms with Gasteiger partial charge in [-0.05, 0) is 29.6 Å². The fourth-order valence-electron chi connectivity index (χ4n) is 3.06. The van der Waals surface area contributed by atoms with Crippen LogP contribution in [0.15, 0.2) is 66.0 Å². The molecule has 7 heteroatoms. The van der Waals surface area contributed by atoms with Crippen molar-refractivity contribution in [3.63, 3.8) is 0 Å². The highest BCUT2D eigenvalue weighted by Gasteiger charge is 2.20. The number of carbonyl (C=O) groups excluding carboxylic acids is 2. The van der Waals surface area contributed by atoms with E-state index in [1.165, 1.54) is 18.9 Å². The number of anilines is 2. The zero-order valence-corrected chi connectivity index (χ0v) is 17.2. The molecule has 1 atom stereocenters. The molecular weight excluding hydrogens is 386 g/mol. The maximum absolute atomic E-state index is 12.6. The number of hydrogen-bond acceptors (Lipinski definition) is 4. The predicted octanol–water partition coefficient (Wildman–Crippen LogP) is 3.01. The van der Waals surface area contributed by atoms with Gasteiger partial charge in [0, 0.05) is 18.2 Å². The Bertz CT molecular complexity index is 959. The van der Waals surface area contributed by atoms with Gasteiger partial charge in [-0.1, -0.05) is 36.4 Å². The van der Waals surface area contributed by atoms with Gasteiger partial charge >= 0.3 is 0 Å². The number of methoxy groups -OCH3 is 1. The lowest BCUT2D eigenvalue weighted by Crippen LogP contribution is -2.87. The Kier molecular flexibility index (Phi) is 6.99. The van der Waals surface area contributed by atoms with E-state index >= 15 is 0 Å². The standard InChI is InChI=1S/C22H23N3O3S/c1-15(26)24-17-10-11-19(28-2)18(13-17)25-21(27)14-23-22(20-9-6-12-29-20)16-7-4-3-5-8-16/h3-13,22-23H,14H2,1-2H3,(H,24,26)(H,25,27)/p+1/t22-/m1/s1. The Hall–Kier alpha value is -3.16. The van der Waals surface area contributed by atoms with Crippen LogP contribution in [0.25, 0.3) is 0 Å². The fraction of sp³-hybridized carbons (Fsp3) is 0.182. The summed E-state index contributed by atoms with van der Waals surface area (Å²) in [4.78, 5) is 25.1. The molecule has 0 spiro atoms. The molecule has 1 heterocycles. The minimum atomic E-state index is -0.178. The van der Waals surface area contributed by atoms with Crippen molar-refractivity contribution in [2.75, 3.05) is 24.3 Å². The number of carbonyl (C=O) groups is 2. The van der Waals surface area contributed by atoms with Crippen molar-refractivity contribution >= 4 is 34.5 Å². The minimum Gasteiger partial charge on any atom is -0.495 e. The second kappa shape index (κ2) is 9.86. The normalized spacial score (nSPS) is 11.5. The van der Waals surface area contributed by atoms with Crippen LogP contribution in [-0.2, 0) is 9.59 Å². The Morgan fingerprint density at radius 2 is 1.86 bits per heavy atom. The van der Waals surface area contributed by atoms with E-state index in [4.69, 9.17) is 4.74 Å². The summed E-state index contributed by atoms with van der Waals surface area (Å²) in [5.74, 6) is 0.202. The maximum atomic E-state index is 12.6. The number of thiophene rings is 1. The minimum absolute atomic E-state index is 0.0505. The lowest BCUT2D eigenvalue weighted by atomic mass is 10.1. The van der Waals surface area contributed by atoms with Gasteiger partial charge in [-0.2, -0.15) is 0 Å². The molecular formula is C22H24N3O3S+. The van der Waals surface area contributed by atoms with Crippen LogP contribution < -0.4 is 20.7 Å². The number of hydrogen-bond donors (Lipinski definition) is 3. The second-order valence-electron chi connectivity index (χ2n) is 6.49. The van der Waals surface area contributed by atoms with Gasteiger partial charge in [0.2, 0.25) is 5.91 Å². The first kappa shape index (κ1) is 20.6. The molecule has 150 valence electrons. The van der Waals surface area contributed by atoms with Gasteiger partial charge in [0.1, 0.15) is 11.8 Å². The largest absolute Gasteiger partial charge is 0.495 e. The lowest BCUT2D eigenvalue weighted by Gasteiger charge is -2.16. The summed E-state index contributed by atoms with van der Waals surface area (Å²) in [5.41, 5.74) is 2.26. The summed E-state index contributed by atoms with van der Waals surface area (Å²) in [5, 5.41) is 9.65. The number of quaternary nitrogens is 1. The number of nitrogens with two attached hydrogens (primary N) is 1. The lowest BCUT2D eigenvalue weighted by molar-refractivity contribution is -0.675. The second-order valence-corrected chi connectivity index (χ2v) is 7.47. The first-order chi connectivity index (χ1) is 14.1. The quantitative estimate of drug-likeness (QED) is 0.534. The number of rotatable bonds is 8. The van der Waals surface area contributed by atoms with Gasteiger partial charge in [-0.3, -0.25) is 9.59 Å². The molecule has 2 amide bonds. The predicted molar refractivity (Wildman–Crippen MR) is 115 cm³/mol. The summed E-state index contributed by atoms with van der Waals surface area (Å²) >= 11 is 1.67. The van der Waals surface area contributed by atoms with E-state index < -0.39 is 0 Å². The highest BCUT2D eigenvalue weighted by molar-refractivity contribution is 7.10. The fourth-order valence-corrected chi connectivity index (χ4v) is 3.91. The summed E-state index contributed by atoms with van der Waals surface area (Å²) in [6.45, 7) is 1.68. The zero-order valence-electron chi connectivity index (χ0n) is 16.3. The molecule has 0 aliphatic rings. The van der Waals surface area contributed by atoms with Gasteiger partial charge in [-0.15, -0.1) is 11.3 Å². The van der Waals surface area contributed by atoms with Crippen LogP contribution in [0.1, 0.15) is 23.4 Å². The van der Waals surface area contributed by atoms with Gasteiger partial charge in [-0.25, -0.2) is 0 Å². The Morgan fingerprint density at radius 3 is 2.52 bits per heavy atom. The van der Waals surface area contributed by atoms with Gasteiger partial charge in [0.25, 0.3) is 5.91 Å². The van der Waals surface area contributed by atoms with Gasteiger partial charge in [0.05, 0.1) is 17.7 Å². The third-order valence-corrected chi connectivity index (χ3v) is 5.30. The molecule has 0 aliphatic carbocycles. The number of ether oxygens (including phenoxy) is 1. The van der Waals surface area contributed by atoms with E-state index in [0.717, 1.165) is 5.56 Å². The molecule has 0 saturated carbocycles. The van der Waals surface area contributed by atoms with Crippen LogP contribution in [-0.4, -0.2) is 25.5 Å². The van der Waals surface area contributed by atoms with Crippen LogP contribution in [0.5, 0.6) is 5.75 Å². The van der Waals surface area contributed by atoms with Crippen LogP contribution in [0, 0.1) is 0 Å². The summed E-state index contributed by atoms with van der Waals surface area (Å²) < 4.78 is 5.32. The Morgan fingerprint density at radius 1 is 1.07 bits per heavy atom. The molecule has 29 heavy (non-hydrogen) atoms. The third kappa shape index (κ3) is 5.66. The smallest absolute Gasteiger partial charge is 0.279 e. The van der Waals surface area contributed by atoms with Gasteiger partial charge < -0.3 is 20.7 Å². The van der Waals surface area contributed by atoms with Crippen LogP contribution >= 0.6 is 11.3 Å². The van der Waals surface area contributed by atoms with E-state index in [-0.39, 0.29) is 24.4 Å². The number of benzene rings is 2. The number of nitrogens with one attached hydrogen (secondary N) is 2. The molecule has 3 aromatic rings. The Labute approximate surface area is 173 Å². The van der Waals surface area contributed by atoms with Crippen molar-refractivity contribution in [3.05, 3.63) is 76.5 Å². The van der Waals surface area contributed by atoms with E-state index in [1.54, 1.807) is 29.5 Å². The number of amides is 2. The summed E-state index contributed by atoms with van der Waals surface area (Å²) in [6, 6.07) is 19.4. The molecule has 1 aromatic heterocycles.